The van der Waals surface area contributed by atoms with Crippen molar-refractivity contribution in [3.8, 4) is 5.75 Å². The molecule has 0 bridgehead atoms. The minimum absolute atomic E-state index is 0.0103. The van der Waals surface area contributed by atoms with Crippen LogP contribution in [0.1, 0.15) is 24.5 Å². The van der Waals surface area contributed by atoms with Crippen LogP contribution in [0.2, 0.25) is 0 Å². The summed E-state index contributed by atoms with van der Waals surface area (Å²) >= 11 is 0. The standard InChI is InChI=1S/C27H28N2O6/c1-4-14-28-21-9-7-6-8-20(21)27(26(28)33)22(24(31)25(32)29(27)15-17-34-3)23(30)18-10-12-19(13-11-18)35-16-5-2/h4,6-13,30H,1,5,14-17H2,2-3H3. The molecular formula is C27H28N2O6. The Hall–Kier alpha value is -3.91. The molecule has 0 aliphatic carbocycles. The molecule has 2 aliphatic heterocycles. The number of likely N-dealkylation sites (tertiary alicyclic amines) is 1. The number of nitrogens with zero attached hydrogens (tertiary/aromatic N) is 2. The predicted molar refractivity (Wildman–Crippen MR) is 131 cm³/mol. The molecule has 1 spiro atoms. The zero-order valence-electron chi connectivity index (χ0n) is 19.8. The van der Waals surface area contributed by atoms with Crippen LogP contribution in [-0.2, 0) is 24.7 Å². The summed E-state index contributed by atoms with van der Waals surface area (Å²) < 4.78 is 10.8. The van der Waals surface area contributed by atoms with Gasteiger partial charge in [0.1, 0.15) is 11.5 Å². The van der Waals surface area contributed by atoms with Crippen molar-refractivity contribution in [1.82, 2.24) is 4.90 Å². The number of aliphatic hydroxyl groups excluding tert-OH is 1. The summed E-state index contributed by atoms with van der Waals surface area (Å²) in [5, 5.41) is 11.4. The zero-order valence-corrected chi connectivity index (χ0v) is 19.8. The molecule has 0 saturated carbocycles. The van der Waals surface area contributed by atoms with Crippen LogP contribution in [0.4, 0.5) is 5.69 Å². The average molecular weight is 477 g/mol. The van der Waals surface area contributed by atoms with Crippen LogP contribution in [0.5, 0.6) is 5.75 Å². The van der Waals surface area contributed by atoms with E-state index in [1.165, 1.54) is 16.9 Å². The van der Waals surface area contributed by atoms with Crippen molar-refractivity contribution in [1.29, 1.82) is 0 Å². The number of methoxy groups -OCH3 is 1. The van der Waals surface area contributed by atoms with E-state index in [1.807, 2.05) is 6.92 Å². The molecule has 182 valence electrons. The molecule has 8 heteroatoms. The first-order valence-electron chi connectivity index (χ1n) is 11.5. The highest BCUT2D eigenvalue weighted by molar-refractivity contribution is 6.50. The molecule has 1 atom stereocenters. The summed E-state index contributed by atoms with van der Waals surface area (Å²) in [6, 6.07) is 13.5. The number of aliphatic hydroxyl groups is 1. The van der Waals surface area contributed by atoms with Gasteiger partial charge in [0.2, 0.25) is 0 Å². The number of benzene rings is 2. The minimum Gasteiger partial charge on any atom is -0.507 e. The van der Waals surface area contributed by atoms with Gasteiger partial charge < -0.3 is 24.4 Å². The first-order chi connectivity index (χ1) is 16.9. The molecular weight excluding hydrogens is 448 g/mol. The molecule has 1 unspecified atom stereocenters. The van der Waals surface area contributed by atoms with Crippen molar-refractivity contribution in [3.05, 3.63) is 77.9 Å². The molecule has 1 saturated heterocycles. The second-order valence-electron chi connectivity index (χ2n) is 8.31. The SMILES string of the molecule is C=CCN1C(=O)C2(C(=C(O)c3ccc(OCCC)cc3)C(=O)C(=O)N2CCOC)c2ccccc21. The van der Waals surface area contributed by atoms with E-state index in [2.05, 4.69) is 6.58 Å². The van der Waals surface area contributed by atoms with Gasteiger partial charge in [-0.05, 0) is 36.8 Å². The fourth-order valence-corrected chi connectivity index (χ4v) is 4.73. The van der Waals surface area contributed by atoms with Gasteiger partial charge >= 0.3 is 0 Å². The van der Waals surface area contributed by atoms with Crippen molar-refractivity contribution in [2.75, 3.05) is 38.3 Å². The number of hydrogen-bond acceptors (Lipinski definition) is 6. The third-order valence-electron chi connectivity index (χ3n) is 6.24. The molecule has 35 heavy (non-hydrogen) atoms. The number of rotatable bonds is 9. The van der Waals surface area contributed by atoms with Crippen LogP contribution in [0.25, 0.3) is 5.76 Å². The van der Waals surface area contributed by atoms with Crippen LogP contribution in [0, 0.1) is 0 Å². The molecule has 1 fully saturated rings. The van der Waals surface area contributed by atoms with E-state index in [-0.39, 0.29) is 25.3 Å². The number of carbonyl (C=O) groups excluding carboxylic acids is 3. The van der Waals surface area contributed by atoms with Gasteiger partial charge in [-0.3, -0.25) is 14.4 Å². The van der Waals surface area contributed by atoms with Crippen molar-refractivity contribution < 1.29 is 29.0 Å². The molecule has 0 radical (unpaired) electrons. The van der Waals surface area contributed by atoms with Crippen LogP contribution < -0.4 is 9.64 Å². The monoisotopic (exact) mass is 476 g/mol. The molecule has 2 aliphatic rings. The molecule has 2 heterocycles. The molecule has 2 aromatic rings. The van der Waals surface area contributed by atoms with Gasteiger partial charge in [-0.15, -0.1) is 6.58 Å². The molecule has 2 amide bonds. The fourth-order valence-electron chi connectivity index (χ4n) is 4.73. The fraction of sp³-hybridized carbons (Fsp3) is 0.296. The third-order valence-corrected chi connectivity index (χ3v) is 6.24. The molecule has 1 N–H and O–H groups in total. The van der Waals surface area contributed by atoms with Crippen molar-refractivity contribution in [3.63, 3.8) is 0 Å². The second kappa shape index (κ2) is 9.76. The Bertz CT molecular complexity index is 1200. The molecule has 2 aromatic carbocycles. The zero-order chi connectivity index (χ0) is 25.2. The van der Waals surface area contributed by atoms with Gasteiger partial charge in [0.15, 0.2) is 5.54 Å². The van der Waals surface area contributed by atoms with E-state index in [4.69, 9.17) is 9.47 Å². The number of carbonyl (C=O) groups is 3. The number of ketones is 1. The van der Waals surface area contributed by atoms with E-state index in [0.717, 1.165) is 6.42 Å². The molecule has 8 nitrogen and oxygen atoms in total. The lowest BCUT2D eigenvalue weighted by Crippen LogP contribution is -2.52. The maximum Gasteiger partial charge on any atom is 0.296 e. The number of Topliss-reactive ketones (excluding diaryl/α,β-unsaturated/α-hetero) is 1. The number of amides is 2. The summed E-state index contributed by atoms with van der Waals surface area (Å²) in [6.45, 7) is 6.55. The Morgan fingerprint density at radius 1 is 1.09 bits per heavy atom. The van der Waals surface area contributed by atoms with E-state index in [9.17, 15) is 19.5 Å². The van der Waals surface area contributed by atoms with Gasteiger partial charge in [0, 0.05) is 31.3 Å². The Morgan fingerprint density at radius 3 is 2.46 bits per heavy atom. The Labute approximate surface area is 204 Å². The minimum atomic E-state index is -1.81. The summed E-state index contributed by atoms with van der Waals surface area (Å²) in [7, 11) is 1.47. The second-order valence-corrected chi connectivity index (χ2v) is 8.31. The molecule has 4 rings (SSSR count). The number of hydrogen-bond donors (Lipinski definition) is 1. The Morgan fingerprint density at radius 2 is 1.80 bits per heavy atom. The van der Waals surface area contributed by atoms with E-state index >= 15 is 0 Å². The van der Waals surface area contributed by atoms with Gasteiger partial charge in [0.05, 0.1) is 24.5 Å². The molecule has 0 aromatic heterocycles. The third kappa shape index (κ3) is 3.70. The number of para-hydroxylation sites is 1. The van der Waals surface area contributed by atoms with E-state index in [0.29, 0.717) is 29.2 Å². The lowest BCUT2D eigenvalue weighted by atomic mass is 9.82. The van der Waals surface area contributed by atoms with E-state index < -0.39 is 28.9 Å². The normalized spacial score (nSPS) is 20.6. The topological polar surface area (TPSA) is 96.4 Å². The number of ether oxygens (including phenoxy) is 2. The van der Waals surface area contributed by atoms with Crippen LogP contribution >= 0.6 is 0 Å². The van der Waals surface area contributed by atoms with Gasteiger partial charge in [0.25, 0.3) is 17.6 Å². The van der Waals surface area contributed by atoms with Gasteiger partial charge in [-0.1, -0.05) is 31.2 Å². The summed E-state index contributed by atoms with van der Waals surface area (Å²) in [6.07, 6.45) is 2.42. The van der Waals surface area contributed by atoms with Crippen LogP contribution in [0.15, 0.2) is 66.8 Å². The van der Waals surface area contributed by atoms with Crippen molar-refractivity contribution >= 4 is 29.0 Å². The Balaban J connectivity index is 1.96. The average Bonchev–Trinajstić information content (AvgIpc) is 3.25. The maximum atomic E-state index is 14.1. The quantitative estimate of drug-likeness (QED) is 0.258. The predicted octanol–water partition coefficient (Wildman–Crippen LogP) is 3.23. The van der Waals surface area contributed by atoms with Crippen LogP contribution in [-0.4, -0.2) is 61.0 Å². The maximum absolute atomic E-state index is 14.1. The smallest absolute Gasteiger partial charge is 0.296 e. The summed E-state index contributed by atoms with van der Waals surface area (Å²) in [5.41, 5.74) is -0.772. The number of anilines is 1. The largest absolute Gasteiger partial charge is 0.507 e. The highest BCUT2D eigenvalue weighted by Gasteiger charge is 2.66. The first-order valence-corrected chi connectivity index (χ1v) is 11.5. The van der Waals surface area contributed by atoms with Crippen molar-refractivity contribution in [2.24, 2.45) is 0 Å². The lowest BCUT2D eigenvalue weighted by Gasteiger charge is -2.34. The van der Waals surface area contributed by atoms with Gasteiger partial charge in [-0.25, -0.2) is 0 Å². The summed E-state index contributed by atoms with van der Waals surface area (Å²) in [5.74, 6) is -2.10. The van der Waals surface area contributed by atoms with Crippen LogP contribution in [0.3, 0.4) is 0 Å². The van der Waals surface area contributed by atoms with E-state index in [1.54, 1.807) is 54.6 Å². The van der Waals surface area contributed by atoms with Crippen molar-refractivity contribution in [2.45, 2.75) is 18.9 Å². The highest BCUT2D eigenvalue weighted by Crippen LogP contribution is 2.53. The summed E-state index contributed by atoms with van der Waals surface area (Å²) in [4.78, 5) is 43.5. The lowest BCUT2D eigenvalue weighted by molar-refractivity contribution is -0.144. The Kier molecular flexibility index (Phi) is 6.75. The first kappa shape index (κ1) is 24.2. The van der Waals surface area contributed by atoms with Gasteiger partial charge in [-0.2, -0.15) is 0 Å². The number of fused-ring (bicyclic) bond motifs is 2. The highest BCUT2D eigenvalue weighted by atomic mass is 16.5.